The predicted molar refractivity (Wildman–Crippen MR) is 74.4 cm³/mol. The van der Waals surface area contributed by atoms with Crippen LogP contribution in [0, 0.1) is 0 Å². The Balaban J connectivity index is 2.15. The number of rotatable bonds is 9. The number of carbonyl (C=O) groups is 2. The lowest BCUT2D eigenvalue weighted by Crippen LogP contribution is -2.44. The highest BCUT2D eigenvalue weighted by atomic mass is 16.5. The van der Waals surface area contributed by atoms with E-state index in [1.807, 2.05) is 0 Å². The van der Waals surface area contributed by atoms with Crippen LogP contribution in [0.15, 0.2) is 0 Å². The van der Waals surface area contributed by atoms with Gasteiger partial charge in [0.15, 0.2) is 0 Å². The average Bonchev–Trinajstić information content (AvgIpc) is 2.48. The van der Waals surface area contributed by atoms with Gasteiger partial charge in [0.05, 0.1) is 19.8 Å². The number of carbonyl (C=O) groups excluding carboxylic acids is 2. The van der Waals surface area contributed by atoms with Crippen molar-refractivity contribution < 1.29 is 19.4 Å². The summed E-state index contributed by atoms with van der Waals surface area (Å²) in [4.78, 5) is 26.1. The van der Waals surface area contributed by atoms with Crippen molar-refractivity contribution in [2.24, 2.45) is 0 Å². The van der Waals surface area contributed by atoms with Gasteiger partial charge in [0.2, 0.25) is 6.41 Å². The summed E-state index contributed by atoms with van der Waals surface area (Å²) in [6.45, 7) is 4.09. The summed E-state index contributed by atoms with van der Waals surface area (Å²) in [5, 5.41) is 11.1. The number of ether oxygens (including phenoxy) is 1. The molecular formula is C13H25N3O4. The Bertz CT molecular complexity index is 283. The number of nitrogens with one attached hydrogen (secondary N) is 1. The zero-order chi connectivity index (χ0) is 14.6. The molecule has 0 saturated carbocycles. The second-order valence-corrected chi connectivity index (χ2v) is 4.77. The number of aliphatic hydroxyl groups excluding tert-OH is 1. The minimum Gasteiger partial charge on any atom is -0.394 e. The van der Waals surface area contributed by atoms with Crippen molar-refractivity contribution in [1.29, 1.82) is 0 Å². The predicted octanol–water partition coefficient (Wildman–Crippen LogP) is -0.351. The maximum atomic E-state index is 11.7. The Morgan fingerprint density at radius 1 is 1.30 bits per heavy atom. The number of urea groups is 1. The van der Waals surface area contributed by atoms with Crippen LogP contribution in [0.2, 0.25) is 0 Å². The first-order chi connectivity index (χ1) is 9.77. The summed E-state index contributed by atoms with van der Waals surface area (Å²) in [5.74, 6) is 0. The molecule has 1 rings (SSSR count). The van der Waals surface area contributed by atoms with Crippen LogP contribution in [0.1, 0.15) is 19.3 Å². The second kappa shape index (κ2) is 10.6. The standard InChI is InChI=1S/C13H25N3O4/c17-9-11-20-10-4-14-13(19)16(12-18)8-7-15-5-2-1-3-6-15/h12,17H,1-11H2,(H,14,19). The number of imide groups is 1. The summed E-state index contributed by atoms with van der Waals surface area (Å²) in [7, 11) is 0. The van der Waals surface area contributed by atoms with Crippen LogP contribution < -0.4 is 5.32 Å². The van der Waals surface area contributed by atoms with Crippen LogP contribution in [0.5, 0.6) is 0 Å². The van der Waals surface area contributed by atoms with Crippen LogP contribution in [0.4, 0.5) is 4.79 Å². The molecule has 0 radical (unpaired) electrons. The van der Waals surface area contributed by atoms with Gasteiger partial charge >= 0.3 is 6.03 Å². The third kappa shape index (κ3) is 6.83. The molecular weight excluding hydrogens is 262 g/mol. The first-order valence-electron chi connectivity index (χ1n) is 7.18. The number of hydrogen-bond acceptors (Lipinski definition) is 5. The fourth-order valence-corrected chi connectivity index (χ4v) is 2.13. The van der Waals surface area contributed by atoms with Gasteiger partial charge in [-0.3, -0.25) is 9.69 Å². The Labute approximate surface area is 119 Å². The fourth-order valence-electron chi connectivity index (χ4n) is 2.13. The highest BCUT2D eigenvalue weighted by molar-refractivity contribution is 5.84. The minimum absolute atomic E-state index is 0.0375. The molecule has 116 valence electrons. The Kier molecular flexibility index (Phi) is 8.93. The smallest absolute Gasteiger partial charge is 0.323 e. The lowest BCUT2D eigenvalue weighted by molar-refractivity contribution is -0.115. The molecule has 0 bridgehead atoms. The Morgan fingerprint density at radius 2 is 2.05 bits per heavy atom. The average molecular weight is 287 g/mol. The van der Waals surface area contributed by atoms with E-state index in [4.69, 9.17) is 9.84 Å². The lowest BCUT2D eigenvalue weighted by atomic mass is 10.1. The van der Waals surface area contributed by atoms with Gasteiger partial charge in [-0.1, -0.05) is 6.42 Å². The quantitative estimate of drug-likeness (QED) is 0.447. The van der Waals surface area contributed by atoms with Crippen molar-refractivity contribution >= 4 is 12.4 Å². The maximum absolute atomic E-state index is 11.7. The second-order valence-electron chi connectivity index (χ2n) is 4.77. The number of hydrogen-bond donors (Lipinski definition) is 2. The van der Waals surface area contributed by atoms with Crippen LogP contribution >= 0.6 is 0 Å². The van der Waals surface area contributed by atoms with E-state index in [1.165, 1.54) is 19.3 Å². The molecule has 1 heterocycles. The van der Waals surface area contributed by atoms with Gasteiger partial charge in [0.1, 0.15) is 0 Å². The highest BCUT2D eigenvalue weighted by Gasteiger charge is 2.15. The van der Waals surface area contributed by atoms with E-state index in [-0.39, 0.29) is 13.2 Å². The van der Waals surface area contributed by atoms with Crippen molar-refractivity contribution in [3.05, 3.63) is 0 Å². The van der Waals surface area contributed by atoms with Crippen molar-refractivity contribution in [3.8, 4) is 0 Å². The van der Waals surface area contributed by atoms with E-state index in [0.29, 0.717) is 26.1 Å². The summed E-state index contributed by atoms with van der Waals surface area (Å²) >= 11 is 0. The molecule has 1 fully saturated rings. The molecule has 1 aliphatic heterocycles. The molecule has 0 atom stereocenters. The molecule has 7 nitrogen and oxygen atoms in total. The molecule has 3 amide bonds. The van der Waals surface area contributed by atoms with Crippen LogP contribution in [0.25, 0.3) is 0 Å². The number of nitrogens with zero attached hydrogens (tertiary/aromatic N) is 2. The minimum atomic E-state index is -0.399. The molecule has 1 saturated heterocycles. The molecule has 0 aromatic carbocycles. The fraction of sp³-hybridized carbons (Fsp3) is 0.846. The molecule has 0 spiro atoms. The highest BCUT2D eigenvalue weighted by Crippen LogP contribution is 2.07. The maximum Gasteiger partial charge on any atom is 0.323 e. The zero-order valence-electron chi connectivity index (χ0n) is 11.9. The number of piperidine rings is 1. The molecule has 0 aliphatic carbocycles. The van der Waals surface area contributed by atoms with Gasteiger partial charge in [-0.05, 0) is 25.9 Å². The first kappa shape index (κ1) is 16.9. The molecule has 2 N–H and O–H groups in total. The van der Waals surface area contributed by atoms with Crippen LogP contribution in [-0.2, 0) is 9.53 Å². The monoisotopic (exact) mass is 287 g/mol. The summed E-state index contributed by atoms with van der Waals surface area (Å²) < 4.78 is 5.02. The molecule has 20 heavy (non-hydrogen) atoms. The Hall–Kier alpha value is -1.18. The van der Waals surface area contributed by atoms with Gasteiger partial charge in [-0.2, -0.15) is 0 Å². The normalized spacial score (nSPS) is 15.8. The van der Waals surface area contributed by atoms with E-state index in [9.17, 15) is 9.59 Å². The molecule has 0 aromatic rings. The molecule has 0 unspecified atom stereocenters. The topological polar surface area (TPSA) is 82.1 Å². The number of amides is 3. The van der Waals surface area contributed by atoms with E-state index in [2.05, 4.69) is 10.2 Å². The summed E-state index contributed by atoms with van der Waals surface area (Å²) in [6, 6.07) is -0.399. The van der Waals surface area contributed by atoms with E-state index >= 15 is 0 Å². The van der Waals surface area contributed by atoms with Crippen molar-refractivity contribution in [2.75, 3.05) is 52.5 Å². The van der Waals surface area contributed by atoms with Crippen molar-refractivity contribution in [3.63, 3.8) is 0 Å². The summed E-state index contributed by atoms with van der Waals surface area (Å²) in [5.41, 5.74) is 0. The van der Waals surface area contributed by atoms with Gasteiger partial charge < -0.3 is 20.1 Å². The van der Waals surface area contributed by atoms with Gasteiger partial charge in [-0.15, -0.1) is 0 Å². The van der Waals surface area contributed by atoms with E-state index < -0.39 is 6.03 Å². The summed E-state index contributed by atoms with van der Waals surface area (Å²) in [6.07, 6.45) is 4.21. The van der Waals surface area contributed by atoms with Gasteiger partial charge in [-0.25, -0.2) is 4.79 Å². The largest absolute Gasteiger partial charge is 0.394 e. The molecule has 1 aliphatic rings. The van der Waals surface area contributed by atoms with Crippen LogP contribution in [0.3, 0.4) is 0 Å². The first-order valence-corrected chi connectivity index (χ1v) is 7.18. The third-order valence-corrected chi connectivity index (χ3v) is 3.25. The number of aliphatic hydroxyl groups is 1. The zero-order valence-corrected chi connectivity index (χ0v) is 11.9. The van der Waals surface area contributed by atoms with Crippen molar-refractivity contribution in [1.82, 2.24) is 15.1 Å². The lowest BCUT2D eigenvalue weighted by Gasteiger charge is -2.28. The van der Waals surface area contributed by atoms with E-state index in [0.717, 1.165) is 24.5 Å². The Morgan fingerprint density at radius 3 is 2.70 bits per heavy atom. The molecule has 7 heteroatoms. The molecule has 0 aromatic heterocycles. The van der Waals surface area contributed by atoms with Crippen molar-refractivity contribution in [2.45, 2.75) is 19.3 Å². The van der Waals surface area contributed by atoms with Crippen LogP contribution in [-0.4, -0.2) is 79.9 Å². The van der Waals surface area contributed by atoms with Gasteiger partial charge in [0, 0.05) is 19.6 Å². The van der Waals surface area contributed by atoms with Gasteiger partial charge in [0.25, 0.3) is 0 Å². The van der Waals surface area contributed by atoms with E-state index in [1.54, 1.807) is 0 Å². The number of likely N-dealkylation sites (tertiary alicyclic amines) is 1. The third-order valence-electron chi connectivity index (χ3n) is 3.25. The SMILES string of the molecule is O=CN(CCN1CCCCC1)C(=O)NCCOCCO.